The van der Waals surface area contributed by atoms with E-state index in [0.29, 0.717) is 11.8 Å². The fourth-order valence-corrected chi connectivity index (χ4v) is 4.65. The molecule has 28 heavy (non-hydrogen) atoms. The highest BCUT2D eigenvalue weighted by Crippen LogP contribution is 2.42. The summed E-state index contributed by atoms with van der Waals surface area (Å²) in [6, 6.07) is 6.98. The van der Waals surface area contributed by atoms with Crippen molar-refractivity contribution in [2.45, 2.75) is 59.8 Å². The Labute approximate surface area is 169 Å². The predicted molar refractivity (Wildman–Crippen MR) is 121 cm³/mol. The van der Waals surface area contributed by atoms with Crippen molar-refractivity contribution < 1.29 is 0 Å². The van der Waals surface area contributed by atoms with Crippen molar-refractivity contribution in [1.82, 2.24) is 9.38 Å². The van der Waals surface area contributed by atoms with Gasteiger partial charge in [-0.15, -0.1) is 0 Å². The molecular weight excluding hydrogens is 340 g/mol. The molecule has 0 N–H and O–H groups in total. The molecule has 2 heterocycles. The molecule has 0 amide bonds. The van der Waals surface area contributed by atoms with E-state index >= 15 is 0 Å². The number of benzene rings is 1. The Bertz CT molecular complexity index is 1060. The Morgan fingerprint density at radius 1 is 1.29 bits per heavy atom. The first kappa shape index (κ1) is 19.0. The van der Waals surface area contributed by atoms with Gasteiger partial charge in [0.15, 0.2) is 0 Å². The Morgan fingerprint density at radius 2 is 2.11 bits per heavy atom. The van der Waals surface area contributed by atoms with E-state index in [1.807, 2.05) is 6.20 Å². The maximum absolute atomic E-state index is 4.78. The topological polar surface area (TPSA) is 17.3 Å². The van der Waals surface area contributed by atoms with Crippen molar-refractivity contribution in [2.75, 3.05) is 0 Å². The molecule has 4 rings (SSSR count). The lowest BCUT2D eigenvalue weighted by Gasteiger charge is -2.28. The molecule has 0 fully saturated rings. The van der Waals surface area contributed by atoms with Crippen LogP contribution in [0, 0.1) is 11.3 Å². The molecule has 2 heteroatoms. The number of fused-ring (bicyclic) bond motifs is 6. The second-order valence-corrected chi connectivity index (χ2v) is 9.48. The van der Waals surface area contributed by atoms with Crippen LogP contribution in [0.15, 0.2) is 48.8 Å². The van der Waals surface area contributed by atoms with Crippen molar-refractivity contribution in [3.8, 4) is 0 Å². The van der Waals surface area contributed by atoms with E-state index in [1.165, 1.54) is 27.6 Å². The van der Waals surface area contributed by atoms with Gasteiger partial charge in [-0.3, -0.25) is 4.40 Å². The quantitative estimate of drug-likeness (QED) is 0.443. The first-order valence-corrected chi connectivity index (χ1v) is 10.6. The largest absolute Gasteiger partial charge is 0.299 e. The van der Waals surface area contributed by atoms with Crippen LogP contribution in [0.3, 0.4) is 0 Å². The monoisotopic (exact) mass is 372 g/mol. The van der Waals surface area contributed by atoms with Gasteiger partial charge >= 0.3 is 0 Å². The molecule has 2 aromatic heterocycles. The van der Waals surface area contributed by atoms with Crippen LogP contribution in [0.2, 0.25) is 0 Å². The SMILES string of the molecule is CCC=CC(C)C1CC=Cc2c1c1nccn1c1ccc(CC(C)(C)C)cc21. The average Bonchev–Trinajstić information content (AvgIpc) is 3.14. The molecule has 0 saturated carbocycles. The highest BCUT2D eigenvalue weighted by atomic mass is 15.0. The third kappa shape index (κ3) is 3.41. The molecule has 2 unspecified atom stereocenters. The van der Waals surface area contributed by atoms with E-state index in [-0.39, 0.29) is 5.41 Å². The van der Waals surface area contributed by atoms with Gasteiger partial charge in [-0.05, 0) is 59.8 Å². The summed E-state index contributed by atoms with van der Waals surface area (Å²) in [6.45, 7) is 11.5. The second kappa shape index (κ2) is 7.24. The maximum atomic E-state index is 4.78. The van der Waals surface area contributed by atoms with Crippen molar-refractivity contribution in [3.63, 3.8) is 0 Å². The maximum Gasteiger partial charge on any atom is 0.141 e. The third-order valence-corrected chi connectivity index (χ3v) is 5.87. The molecule has 0 saturated heterocycles. The van der Waals surface area contributed by atoms with Gasteiger partial charge in [0.05, 0.1) is 5.52 Å². The Kier molecular flexibility index (Phi) is 4.91. The Morgan fingerprint density at radius 3 is 2.86 bits per heavy atom. The molecule has 146 valence electrons. The fraction of sp³-hybridized carbons (Fsp3) is 0.423. The number of imidazole rings is 1. The normalized spacial score (nSPS) is 18.2. The van der Waals surface area contributed by atoms with Crippen molar-refractivity contribution in [3.05, 3.63) is 65.5 Å². The summed E-state index contributed by atoms with van der Waals surface area (Å²) >= 11 is 0. The molecule has 1 aromatic carbocycles. The molecule has 2 atom stereocenters. The fourth-order valence-electron chi connectivity index (χ4n) is 4.65. The van der Waals surface area contributed by atoms with E-state index in [1.54, 1.807) is 0 Å². The van der Waals surface area contributed by atoms with Crippen LogP contribution < -0.4 is 0 Å². The summed E-state index contributed by atoms with van der Waals surface area (Å²) < 4.78 is 2.29. The van der Waals surface area contributed by atoms with Crippen LogP contribution in [-0.2, 0) is 6.42 Å². The smallest absolute Gasteiger partial charge is 0.141 e. The summed E-state index contributed by atoms with van der Waals surface area (Å²) in [5.41, 5.74) is 6.86. The number of pyridine rings is 1. The third-order valence-electron chi connectivity index (χ3n) is 5.87. The number of aromatic nitrogens is 2. The van der Waals surface area contributed by atoms with Crippen molar-refractivity contribution >= 4 is 22.6 Å². The zero-order valence-electron chi connectivity index (χ0n) is 17.9. The Balaban J connectivity index is 1.95. The molecule has 2 nitrogen and oxygen atoms in total. The van der Waals surface area contributed by atoms with Gasteiger partial charge in [0, 0.05) is 23.3 Å². The minimum atomic E-state index is 0.282. The van der Waals surface area contributed by atoms with E-state index < -0.39 is 0 Å². The summed E-state index contributed by atoms with van der Waals surface area (Å²) in [4.78, 5) is 4.78. The second-order valence-electron chi connectivity index (χ2n) is 9.48. The van der Waals surface area contributed by atoms with Gasteiger partial charge in [0.2, 0.25) is 0 Å². The van der Waals surface area contributed by atoms with E-state index in [9.17, 15) is 0 Å². The zero-order chi connectivity index (χ0) is 19.9. The number of allylic oxidation sites excluding steroid dienone is 3. The zero-order valence-corrected chi connectivity index (χ0v) is 17.9. The predicted octanol–water partition coefficient (Wildman–Crippen LogP) is 7.18. The minimum absolute atomic E-state index is 0.282. The van der Waals surface area contributed by atoms with Gasteiger partial charge in [-0.2, -0.15) is 0 Å². The van der Waals surface area contributed by atoms with Gasteiger partial charge < -0.3 is 0 Å². The van der Waals surface area contributed by atoms with Crippen LogP contribution >= 0.6 is 0 Å². The number of rotatable bonds is 4. The molecule has 1 aliphatic rings. The van der Waals surface area contributed by atoms with E-state index in [2.05, 4.69) is 87.7 Å². The lowest BCUT2D eigenvalue weighted by molar-refractivity contribution is 0.411. The van der Waals surface area contributed by atoms with Crippen molar-refractivity contribution in [1.29, 1.82) is 0 Å². The van der Waals surface area contributed by atoms with Crippen LogP contribution in [0.1, 0.15) is 70.1 Å². The van der Waals surface area contributed by atoms with Crippen LogP contribution in [0.25, 0.3) is 22.6 Å². The van der Waals surface area contributed by atoms with Gasteiger partial charge in [-0.25, -0.2) is 4.98 Å². The Hall–Kier alpha value is -2.35. The van der Waals surface area contributed by atoms with Crippen LogP contribution in [0.4, 0.5) is 0 Å². The van der Waals surface area contributed by atoms with Gasteiger partial charge in [0.1, 0.15) is 5.65 Å². The molecule has 0 bridgehead atoms. The molecule has 3 aromatic rings. The lowest BCUT2D eigenvalue weighted by atomic mass is 9.78. The number of hydrogen-bond acceptors (Lipinski definition) is 1. The summed E-state index contributed by atoms with van der Waals surface area (Å²) in [6.07, 6.45) is 16.7. The number of hydrogen-bond donors (Lipinski definition) is 0. The first-order chi connectivity index (χ1) is 13.4. The molecule has 0 aliphatic heterocycles. The minimum Gasteiger partial charge on any atom is -0.299 e. The van der Waals surface area contributed by atoms with E-state index in [4.69, 9.17) is 4.98 Å². The average molecular weight is 373 g/mol. The van der Waals surface area contributed by atoms with Crippen LogP contribution in [-0.4, -0.2) is 9.38 Å². The van der Waals surface area contributed by atoms with E-state index in [0.717, 1.165) is 24.9 Å². The van der Waals surface area contributed by atoms with Gasteiger partial charge in [0.25, 0.3) is 0 Å². The van der Waals surface area contributed by atoms with Crippen LogP contribution in [0.5, 0.6) is 0 Å². The van der Waals surface area contributed by atoms with Crippen molar-refractivity contribution in [2.24, 2.45) is 11.3 Å². The summed E-state index contributed by atoms with van der Waals surface area (Å²) in [7, 11) is 0. The summed E-state index contributed by atoms with van der Waals surface area (Å²) in [5, 5.41) is 1.36. The highest BCUT2D eigenvalue weighted by Gasteiger charge is 2.27. The lowest BCUT2D eigenvalue weighted by Crippen LogP contribution is -2.14. The summed E-state index contributed by atoms with van der Waals surface area (Å²) in [5.74, 6) is 0.975. The highest BCUT2D eigenvalue weighted by molar-refractivity contribution is 5.94. The standard InChI is InChI=1S/C26H32N2/c1-6-7-9-18(2)20-10-8-11-21-22-16-19(17-26(3,4)5)12-13-23(22)28-15-14-27-25(28)24(20)21/h7-9,11-16,18,20H,6,10,17H2,1-5H3. The molecule has 1 aliphatic carbocycles. The number of nitrogens with zero attached hydrogens (tertiary/aromatic N) is 2. The molecular formula is C26H32N2. The van der Waals surface area contributed by atoms with Gasteiger partial charge in [-0.1, -0.05) is 65.0 Å². The molecule has 0 radical (unpaired) electrons. The molecule has 0 spiro atoms. The first-order valence-electron chi connectivity index (χ1n) is 10.6.